The molecule has 19 atom stereocenters. The Morgan fingerprint density at radius 3 is 1.51 bits per heavy atom. The van der Waals surface area contributed by atoms with Crippen LogP contribution in [0, 0.1) is 93.7 Å². The minimum atomic E-state index is -1.84. The summed E-state index contributed by atoms with van der Waals surface area (Å²) in [5, 5.41) is 23.8. The number of aliphatic hydroxyl groups excluding tert-OH is 1. The number of ketones is 6. The molecule has 2 N–H and O–H groups in total. The highest BCUT2D eigenvalue weighted by Gasteiger charge is 2.68. The number of amides is 7. The molecule has 0 aromatic heterocycles. The normalized spacial score (nSPS) is 28.4. The van der Waals surface area contributed by atoms with Crippen LogP contribution >= 0.6 is 0 Å². The zero-order valence-corrected chi connectivity index (χ0v) is 87.6. The van der Waals surface area contributed by atoms with Crippen molar-refractivity contribution in [2.75, 3.05) is 82.5 Å². The molecule has 5 rings (SSSR count). The van der Waals surface area contributed by atoms with Crippen LogP contribution in [-0.2, 0) is 110 Å². The smallest absolute Gasteiger partial charge is 0.466 e. The van der Waals surface area contributed by atoms with E-state index in [1.165, 1.54) is 73.8 Å². The lowest BCUT2D eigenvalue weighted by Gasteiger charge is -2.59. The van der Waals surface area contributed by atoms with Gasteiger partial charge in [0.1, 0.15) is 41.7 Å². The Kier molecular flexibility index (Phi) is 47.1. The standard InChI is InChI=1S/C105H167N7O26/c1-27-29-36-68(15)95(138-102(131)137-61-136-91(124)42-40-89(122)134-48-35-33-31-30-32-34-47-133-88(121)39-41-90(123)135-60-86(119)105(132)46-44-76-74-38-37-72-56-73(113)43-45-103(72,18)92(74)85(118)58-104(76,105)19)94-84(117)55-71(28-2)97(126)106(20)59-87(120)107(21)77(49-62(3)4)83(116)57-75(66(11)12)98(127)108(22)78(50-63(5)6)82(115)53-69(16)81(114)54-70(17)96(125)109(23)79(51-64(7)8)99(128)110(24)80(52-65(9)10)100(129)111(25)93(67(13)14)101(130)112(94)26/h27,29,43,45,56,62-71,74-80,85,92-95,118,132H,28,30-42,44,46-55,57-61H2,1-26H3/b29-27+/t68-,69?,70?,71?,74?,75?,76?,77+,78?,79?,80?,85+,92?,93?,94?,95-,103+,104+,105+/m1/s1. The third kappa shape index (κ3) is 32.1. The zero-order chi connectivity index (χ0) is 104. The zero-order valence-electron chi connectivity index (χ0n) is 87.6. The van der Waals surface area contributed by atoms with Gasteiger partial charge < -0.3 is 72.9 Å². The van der Waals surface area contributed by atoms with Crippen LogP contribution in [0.2, 0.25) is 0 Å². The average Bonchev–Trinajstić information content (AvgIpc) is 1.51. The Morgan fingerprint density at radius 2 is 0.993 bits per heavy atom. The molecule has 0 radical (unpaired) electrons. The van der Waals surface area contributed by atoms with E-state index in [0.29, 0.717) is 44.9 Å². The van der Waals surface area contributed by atoms with Crippen LogP contribution in [0.15, 0.2) is 36.0 Å². The molecule has 4 fully saturated rings. The first kappa shape index (κ1) is 119. The first-order valence-corrected chi connectivity index (χ1v) is 50.4. The fourth-order valence-electron chi connectivity index (χ4n) is 21.2. The number of hydrogen-bond acceptors (Lipinski definition) is 26. The highest BCUT2D eigenvalue weighted by molar-refractivity contribution is 6.02. The van der Waals surface area contributed by atoms with Crippen LogP contribution in [-0.4, -0.2) is 287 Å². The van der Waals surface area contributed by atoms with Gasteiger partial charge in [0.15, 0.2) is 29.7 Å². The fourth-order valence-corrected chi connectivity index (χ4v) is 21.2. The second-order valence-corrected chi connectivity index (χ2v) is 42.7. The molecule has 0 aromatic rings. The Hall–Kier alpha value is -9.40. The van der Waals surface area contributed by atoms with E-state index in [9.17, 15) is 77.3 Å². The summed E-state index contributed by atoms with van der Waals surface area (Å²) in [6, 6.07) is -7.74. The van der Waals surface area contributed by atoms with Crippen LogP contribution in [0.3, 0.4) is 0 Å². The van der Waals surface area contributed by atoms with Crippen molar-refractivity contribution in [3.63, 3.8) is 0 Å². The lowest BCUT2D eigenvalue weighted by molar-refractivity contribution is -0.181. The topological polar surface area (TPSA) is 426 Å². The van der Waals surface area contributed by atoms with E-state index in [1.807, 2.05) is 75.3 Å². The number of allylic oxidation sites excluding steroid dienone is 6. The minimum Gasteiger partial charge on any atom is -0.466 e. The predicted molar refractivity (Wildman–Crippen MR) is 516 cm³/mol. The summed E-state index contributed by atoms with van der Waals surface area (Å²) in [6.07, 6.45) is 8.47. The molecule has 0 aromatic carbocycles. The highest BCUT2D eigenvalue weighted by Crippen LogP contribution is 2.67. The molecule has 1 saturated heterocycles. The maximum Gasteiger partial charge on any atom is 0.511 e. The van der Waals surface area contributed by atoms with Gasteiger partial charge in [-0.3, -0.25) is 81.5 Å². The van der Waals surface area contributed by atoms with Crippen LogP contribution < -0.4 is 0 Å². The molecule has 5 aliphatic rings. The molecule has 33 heteroatoms. The minimum absolute atomic E-state index is 0.00228. The van der Waals surface area contributed by atoms with Crippen molar-refractivity contribution in [2.45, 2.75) is 346 Å². The monoisotopic (exact) mass is 1940 g/mol. The molecule has 138 heavy (non-hydrogen) atoms. The largest absolute Gasteiger partial charge is 0.511 e. The van der Waals surface area contributed by atoms with Gasteiger partial charge in [0.2, 0.25) is 53.9 Å². The Morgan fingerprint density at radius 1 is 0.514 bits per heavy atom. The van der Waals surface area contributed by atoms with Crippen molar-refractivity contribution in [1.29, 1.82) is 0 Å². The van der Waals surface area contributed by atoms with E-state index in [0.717, 1.165) is 28.2 Å². The van der Waals surface area contributed by atoms with E-state index in [-0.39, 0.29) is 144 Å². The van der Waals surface area contributed by atoms with Crippen molar-refractivity contribution in [1.82, 2.24) is 34.3 Å². The molecule has 3 saturated carbocycles. The van der Waals surface area contributed by atoms with Crippen molar-refractivity contribution in [2.24, 2.45) is 93.7 Å². The van der Waals surface area contributed by atoms with Gasteiger partial charge in [-0.1, -0.05) is 174 Å². The first-order valence-electron chi connectivity index (χ1n) is 50.4. The maximum absolute atomic E-state index is 15.9. The van der Waals surface area contributed by atoms with Crippen LogP contribution in [0.5, 0.6) is 0 Å². The molecule has 7 amide bonds. The summed E-state index contributed by atoms with van der Waals surface area (Å²) < 4.78 is 32.6. The van der Waals surface area contributed by atoms with Crippen molar-refractivity contribution in [3.8, 4) is 0 Å². The van der Waals surface area contributed by atoms with Gasteiger partial charge in [0, 0.05) is 115 Å². The molecular formula is C105H167N7O26. The third-order valence-electron chi connectivity index (χ3n) is 29.6. The van der Waals surface area contributed by atoms with E-state index < -0.39 is 246 Å². The number of unbranched alkanes of at least 4 members (excludes halogenated alkanes) is 5. The molecule has 33 nitrogen and oxygen atoms in total. The number of carbonyl (C=O) groups is 18. The lowest BCUT2D eigenvalue weighted by Crippen LogP contribution is -2.62. The highest BCUT2D eigenvalue weighted by atomic mass is 16.8. The van der Waals surface area contributed by atoms with Gasteiger partial charge in [-0.15, -0.1) is 0 Å². The number of rotatable bonds is 36. The number of ether oxygens (including phenoxy) is 6. The number of aliphatic hydroxyl groups is 2. The summed E-state index contributed by atoms with van der Waals surface area (Å²) in [6.45, 7) is 31.8. The first-order chi connectivity index (χ1) is 64.5. The second kappa shape index (κ2) is 54.6. The molecule has 4 aliphatic carbocycles. The van der Waals surface area contributed by atoms with Gasteiger partial charge in [-0.2, -0.15) is 0 Å². The number of likely N-dealkylation sites (N-methyl/N-ethyl adjacent to an activating group) is 7. The fraction of sp³-hybridized carbons (Fsp3) is 0.771. The molecule has 778 valence electrons. The SMILES string of the molecule is C/C=C/C[C@@H](C)[C@@H](OC(=O)OCOC(=O)CCC(=O)OCCCCCCCCOC(=O)CCC(=O)OCC(=O)[C@@]1(O)CCC2C3CCC4=CC(=O)C=C[C@]4(C)C3[C@@H](O)C[C@@]21C)C1C(=O)CC(CC)C(=O)N(C)CC(=O)N(C)[C@@H](CC(C)C)C(=O)CC(C(C)C)C(=O)N(C)C(CC(C)C)C(=O)CC(C)C(=O)CC(C)C(=O)N(C)C(CC(C)C)C(=O)N(C)C(CC(C)C)C(=O)N(C)C(C(C)C)C(=O)N1C. The van der Waals surface area contributed by atoms with Crippen LogP contribution in [0.25, 0.3) is 0 Å². The van der Waals surface area contributed by atoms with Crippen molar-refractivity contribution in [3.05, 3.63) is 36.0 Å². The molecule has 0 bridgehead atoms. The van der Waals surface area contributed by atoms with E-state index in [1.54, 1.807) is 86.6 Å². The quantitative estimate of drug-likeness (QED) is 0.0193. The van der Waals surface area contributed by atoms with Crippen molar-refractivity contribution >= 4 is 106 Å². The van der Waals surface area contributed by atoms with E-state index in [2.05, 4.69) is 0 Å². The Bertz CT molecular complexity index is 4340. The summed E-state index contributed by atoms with van der Waals surface area (Å²) in [5.41, 5.74) is -2.33. The third-order valence-corrected chi connectivity index (χ3v) is 29.6. The van der Waals surface area contributed by atoms with E-state index >= 15 is 19.2 Å². The van der Waals surface area contributed by atoms with Gasteiger partial charge in [0.25, 0.3) is 0 Å². The van der Waals surface area contributed by atoms with Gasteiger partial charge >= 0.3 is 30.0 Å². The molecule has 1 heterocycles. The predicted octanol–water partition coefficient (Wildman–Crippen LogP) is 12.4. The number of esters is 4. The number of hydrogen-bond donors (Lipinski definition) is 2. The van der Waals surface area contributed by atoms with Crippen LogP contribution in [0.4, 0.5) is 4.79 Å². The number of fused-ring (bicyclic) bond motifs is 5. The van der Waals surface area contributed by atoms with Gasteiger partial charge in [-0.05, 0) is 156 Å². The second-order valence-electron chi connectivity index (χ2n) is 42.7. The summed E-state index contributed by atoms with van der Waals surface area (Å²) in [7, 11) is 9.90. The molecule has 12 unspecified atom stereocenters. The molecule has 1 aliphatic heterocycles. The summed E-state index contributed by atoms with van der Waals surface area (Å²) in [5.74, 6) is -17.5. The lowest BCUT2D eigenvalue weighted by atomic mass is 9.46. The van der Waals surface area contributed by atoms with E-state index in [4.69, 9.17) is 28.4 Å². The number of nitrogens with zero attached hydrogens (tertiary/aromatic N) is 7. The number of Topliss-reactive ketones (excluding diaryl/α,β-unsaturated/α-hetero) is 5. The molecule has 0 spiro atoms. The Balaban J connectivity index is 1.28. The Labute approximate surface area is 819 Å². The van der Waals surface area contributed by atoms with Gasteiger partial charge in [-0.25, -0.2) is 4.79 Å². The number of carbonyl (C=O) groups excluding carboxylic acids is 18. The molecular weight excluding hydrogens is 1780 g/mol. The maximum atomic E-state index is 15.9. The summed E-state index contributed by atoms with van der Waals surface area (Å²) in [4.78, 5) is 266. The van der Waals surface area contributed by atoms with Gasteiger partial charge in [0.05, 0.1) is 63.6 Å². The van der Waals surface area contributed by atoms with Crippen molar-refractivity contribution < 1.29 is 125 Å². The van der Waals surface area contributed by atoms with Crippen LogP contribution in [0.1, 0.15) is 292 Å². The summed E-state index contributed by atoms with van der Waals surface area (Å²) >= 11 is 0. The average molecular weight is 1940 g/mol.